The minimum absolute atomic E-state index is 0.178. The lowest BCUT2D eigenvalue weighted by molar-refractivity contribution is 0.100. The molecule has 130 valence electrons. The van der Waals surface area contributed by atoms with Crippen molar-refractivity contribution in [1.29, 1.82) is 0 Å². The Kier molecular flexibility index (Phi) is 3.80. The standard InChI is InChI=1S/C18H19FN4O2/c19-9-1-6-14-12(7-9)15-16(23-14)13(17(20)25)8-21-18(15)22-10-2-4-11(24)5-3-10/h1,6-8,10-11,23-24H,2-5H2,(H2,20,25)(H,21,22)/t10-,11-. The summed E-state index contributed by atoms with van der Waals surface area (Å²) in [7, 11) is 0. The molecular formula is C18H19FN4O2. The van der Waals surface area contributed by atoms with Gasteiger partial charge in [0.1, 0.15) is 11.6 Å². The molecule has 2 aromatic heterocycles. The molecule has 0 radical (unpaired) electrons. The highest BCUT2D eigenvalue weighted by Gasteiger charge is 2.22. The summed E-state index contributed by atoms with van der Waals surface area (Å²) in [6, 6.07) is 4.61. The van der Waals surface area contributed by atoms with Crippen molar-refractivity contribution in [2.75, 3.05) is 5.32 Å². The average Bonchev–Trinajstić information content (AvgIpc) is 2.96. The number of hydrogen-bond donors (Lipinski definition) is 4. The Morgan fingerprint density at radius 1 is 1.32 bits per heavy atom. The van der Waals surface area contributed by atoms with E-state index in [1.165, 1.54) is 18.3 Å². The molecule has 0 atom stereocenters. The average molecular weight is 342 g/mol. The number of aromatic amines is 1. The molecule has 6 nitrogen and oxygen atoms in total. The van der Waals surface area contributed by atoms with Gasteiger partial charge >= 0.3 is 0 Å². The number of nitrogens with zero attached hydrogens (tertiary/aromatic N) is 1. The first kappa shape index (κ1) is 15.8. The van der Waals surface area contributed by atoms with Crippen LogP contribution in [0.25, 0.3) is 21.8 Å². The lowest BCUT2D eigenvalue weighted by Crippen LogP contribution is -2.28. The predicted molar refractivity (Wildman–Crippen MR) is 94.0 cm³/mol. The molecule has 1 aliphatic carbocycles. The van der Waals surface area contributed by atoms with Crippen LogP contribution >= 0.6 is 0 Å². The number of carbonyl (C=O) groups is 1. The lowest BCUT2D eigenvalue weighted by Gasteiger charge is -2.27. The molecule has 1 saturated carbocycles. The normalized spacial score (nSPS) is 20.9. The number of anilines is 1. The van der Waals surface area contributed by atoms with Crippen molar-refractivity contribution in [3.63, 3.8) is 0 Å². The van der Waals surface area contributed by atoms with Gasteiger partial charge < -0.3 is 21.1 Å². The molecule has 4 rings (SSSR count). The number of pyridine rings is 1. The van der Waals surface area contributed by atoms with E-state index in [2.05, 4.69) is 15.3 Å². The third kappa shape index (κ3) is 2.80. The summed E-state index contributed by atoms with van der Waals surface area (Å²) in [5.74, 6) is -0.347. The molecule has 5 N–H and O–H groups in total. The van der Waals surface area contributed by atoms with Gasteiger partial charge in [-0.2, -0.15) is 0 Å². The highest BCUT2D eigenvalue weighted by atomic mass is 19.1. The van der Waals surface area contributed by atoms with E-state index in [0.29, 0.717) is 27.6 Å². The first-order valence-corrected chi connectivity index (χ1v) is 8.37. The van der Waals surface area contributed by atoms with E-state index >= 15 is 0 Å². The third-order valence-corrected chi connectivity index (χ3v) is 4.89. The number of aliphatic hydroxyl groups excluding tert-OH is 1. The summed E-state index contributed by atoms with van der Waals surface area (Å²) >= 11 is 0. The fourth-order valence-corrected chi connectivity index (χ4v) is 3.58. The maximum absolute atomic E-state index is 13.8. The molecule has 1 aliphatic rings. The second-order valence-corrected chi connectivity index (χ2v) is 6.60. The van der Waals surface area contributed by atoms with Crippen LogP contribution in [-0.4, -0.2) is 33.1 Å². The minimum atomic E-state index is -0.586. The summed E-state index contributed by atoms with van der Waals surface area (Å²) < 4.78 is 13.8. The van der Waals surface area contributed by atoms with Crippen LogP contribution in [0.3, 0.4) is 0 Å². The molecule has 0 bridgehead atoms. The third-order valence-electron chi connectivity index (χ3n) is 4.89. The highest BCUT2D eigenvalue weighted by molar-refractivity contribution is 6.18. The van der Waals surface area contributed by atoms with Gasteiger partial charge in [0.2, 0.25) is 0 Å². The second-order valence-electron chi connectivity index (χ2n) is 6.60. The van der Waals surface area contributed by atoms with Gasteiger partial charge in [-0.1, -0.05) is 0 Å². The van der Waals surface area contributed by atoms with Crippen LogP contribution < -0.4 is 11.1 Å². The topological polar surface area (TPSA) is 104 Å². The fraction of sp³-hybridized carbons (Fsp3) is 0.333. The number of rotatable bonds is 3. The van der Waals surface area contributed by atoms with Gasteiger partial charge in [0.15, 0.2) is 0 Å². The van der Waals surface area contributed by atoms with Gasteiger partial charge in [-0.05, 0) is 43.9 Å². The molecule has 7 heteroatoms. The van der Waals surface area contributed by atoms with E-state index in [9.17, 15) is 14.3 Å². The number of aliphatic hydroxyl groups is 1. The zero-order valence-electron chi connectivity index (χ0n) is 13.6. The molecule has 1 fully saturated rings. The lowest BCUT2D eigenvalue weighted by atomic mass is 9.93. The largest absolute Gasteiger partial charge is 0.393 e. The van der Waals surface area contributed by atoms with Crippen molar-refractivity contribution in [2.24, 2.45) is 5.73 Å². The molecule has 0 unspecified atom stereocenters. The predicted octanol–water partition coefficient (Wildman–Crippen LogP) is 2.67. The number of H-pyrrole nitrogens is 1. The van der Waals surface area contributed by atoms with Crippen molar-refractivity contribution >= 4 is 33.5 Å². The number of hydrogen-bond acceptors (Lipinski definition) is 4. The van der Waals surface area contributed by atoms with E-state index in [1.807, 2.05) is 0 Å². The Bertz CT molecular complexity index is 961. The van der Waals surface area contributed by atoms with Crippen molar-refractivity contribution in [1.82, 2.24) is 9.97 Å². The summed E-state index contributed by atoms with van der Waals surface area (Å²) in [6.45, 7) is 0. The van der Waals surface area contributed by atoms with Crippen molar-refractivity contribution in [3.8, 4) is 0 Å². The van der Waals surface area contributed by atoms with Crippen LogP contribution in [-0.2, 0) is 0 Å². The van der Waals surface area contributed by atoms with Crippen molar-refractivity contribution < 1.29 is 14.3 Å². The van der Waals surface area contributed by atoms with Crippen LogP contribution in [0.5, 0.6) is 0 Å². The van der Waals surface area contributed by atoms with E-state index in [0.717, 1.165) is 25.7 Å². The summed E-state index contributed by atoms with van der Waals surface area (Å²) in [4.78, 5) is 19.3. The van der Waals surface area contributed by atoms with Crippen molar-refractivity contribution in [2.45, 2.75) is 37.8 Å². The Morgan fingerprint density at radius 2 is 2.08 bits per heavy atom. The summed E-state index contributed by atoms with van der Waals surface area (Å²) in [6.07, 6.45) is 4.34. The van der Waals surface area contributed by atoms with Crippen molar-refractivity contribution in [3.05, 3.63) is 35.8 Å². The maximum Gasteiger partial charge on any atom is 0.252 e. The molecular weight excluding hydrogens is 323 g/mol. The number of halogens is 1. The maximum atomic E-state index is 13.8. The van der Waals surface area contributed by atoms with Crippen LogP contribution in [0, 0.1) is 5.82 Å². The number of benzene rings is 1. The SMILES string of the molecule is NC(=O)c1cnc(N[C@H]2CC[C@H](O)CC2)c2c1[nH]c1ccc(F)cc12. The monoisotopic (exact) mass is 342 g/mol. The number of primary amides is 1. The van der Waals surface area contributed by atoms with E-state index in [4.69, 9.17) is 5.73 Å². The zero-order valence-corrected chi connectivity index (χ0v) is 13.6. The number of nitrogens with one attached hydrogen (secondary N) is 2. The number of aromatic nitrogens is 2. The first-order chi connectivity index (χ1) is 12.0. The Labute approximate surface area is 143 Å². The smallest absolute Gasteiger partial charge is 0.252 e. The molecule has 0 spiro atoms. The van der Waals surface area contributed by atoms with Gasteiger partial charge in [0.25, 0.3) is 5.91 Å². The van der Waals surface area contributed by atoms with Crippen LogP contribution in [0.1, 0.15) is 36.0 Å². The Morgan fingerprint density at radius 3 is 2.80 bits per heavy atom. The Hall–Kier alpha value is -2.67. The fourth-order valence-electron chi connectivity index (χ4n) is 3.58. The molecule has 0 aliphatic heterocycles. The zero-order chi connectivity index (χ0) is 17.6. The molecule has 1 amide bonds. The van der Waals surface area contributed by atoms with Crippen LogP contribution in [0.15, 0.2) is 24.4 Å². The number of fused-ring (bicyclic) bond motifs is 3. The van der Waals surface area contributed by atoms with Gasteiger partial charge in [-0.25, -0.2) is 9.37 Å². The van der Waals surface area contributed by atoms with Gasteiger partial charge in [0, 0.05) is 23.1 Å². The van der Waals surface area contributed by atoms with Gasteiger partial charge in [-0.3, -0.25) is 4.79 Å². The van der Waals surface area contributed by atoms with E-state index in [-0.39, 0.29) is 23.5 Å². The first-order valence-electron chi connectivity index (χ1n) is 8.37. The number of amides is 1. The van der Waals surface area contributed by atoms with Crippen LogP contribution in [0.4, 0.5) is 10.2 Å². The Balaban J connectivity index is 1.86. The van der Waals surface area contributed by atoms with E-state index < -0.39 is 5.91 Å². The molecule has 0 saturated heterocycles. The minimum Gasteiger partial charge on any atom is -0.393 e. The summed E-state index contributed by atoms with van der Waals surface area (Å²) in [5.41, 5.74) is 7.01. The molecule has 3 aromatic rings. The molecule has 1 aromatic carbocycles. The number of nitrogens with two attached hydrogens (primary N) is 1. The quantitative estimate of drug-likeness (QED) is 0.587. The molecule has 25 heavy (non-hydrogen) atoms. The summed E-state index contributed by atoms with van der Waals surface area (Å²) in [5, 5.41) is 14.4. The highest BCUT2D eigenvalue weighted by Crippen LogP contribution is 2.34. The van der Waals surface area contributed by atoms with Gasteiger partial charge in [-0.15, -0.1) is 0 Å². The molecule has 2 heterocycles. The van der Waals surface area contributed by atoms with E-state index in [1.54, 1.807) is 6.07 Å². The van der Waals surface area contributed by atoms with Gasteiger partial charge in [0.05, 0.1) is 22.6 Å². The second kappa shape index (κ2) is 6.00. The number of carbonyl (C=O) groups excluding carboxylic acids is 1. The van der Waals surface area contributed by atoms with Crippen LogP contribution in [0.2, 0.25) is 0 Å².